The van der Waals surface area contributed by atoms with E-state index in [9.17, 15) is 5.11 Å². The van der Waals surface area contributed by atoms with Crippen LogP contribution in [0, 0.1) is 0 Å². The summed E-state index contributed by atoms with van der Waals surface area (Å²) in [4.78, 5) is 8.67. The van der Waals surface area contributed by atoms with E-state index in [0.717, 1.165) is 18.8 Å². The van der Waals surface area contributed by atoms with Crippen molar-refractivity contribution in [2.24, 2.45) is 0 Å². The zero-order chi connectivity index (χ0) is 13.2. The lowest BCUT2D eigenvalue weighted by Gasteiger charge is -2.37. The van der Waals surface area contributed by atoms with Gasteiger partial charge in [-0.3, -0.25) is 4.98 Å². The van der Waals surface area contributed by atoms with Crippen molar-refractivity contribution in [2.75, 3.05) is 29.9 Å². The summed E-state index contributed by atoms with van der Waals surface area (Å²) in [5, 5.41) is 9.21. The van der Waals surface area contributed by atoms with E-state index in [4.69, 9.17) is 0 Å². The summed E-state index contributed by atoms with van der Waals surface area (Å²) in [5.41, 5.74) is 4.22. The summed E-state index contributed by atoms with van der Waals surface area (Å²) in [6, 6.07) is 12.3. The van der Waals surface area contributed by atoms with Gasteiger partial charge in [-0.05, 0) is 24.3 Å². The van der Waals surface area contributed by atoms with Gasteiger partial charge in [0.15, 0.2) is 0 Å². The standard InChI is InChI=1S/C15H17N3O/c1-17-8-9-18(15-5-3-2-4-14(15)17)13-6-7-16-12(10-13)11-19/h2-7,10,19H,8-9,11H2,1H3. The molecular weight excluding hydrogens is 238 g/mol. The van der Waals surface area contributed by atoms with Crippen LogP contribution in [0.4, 0.5) is 17.1 Å². The van der Waals surface area contributed by atoms with Gasteiger partial charge in [-0.25, -0.2) is 0 Å². The van der Waals surface area contributed by atoms with Gasteiger partial charge < -0.3 is 14.9 Å². The minimum absolute atomic E-state index is 0.0246. The van der Waals surface area contributed by atoms with Gasteiger partial charge >= 0.3 is 0 Å². The third-order valence-electron chi connectivity index (χ3n) is 3.52. The van der Waals surface area contributed by atoms with Gasteiger partial charge in [0.05, 0.1) is 23.7 Å². The molecule has 0 spiro atoms. The Hall–Kier alpha value is -2.07. The van der Waals surface area contributed by atoms with Crippen molar-refractivity contribution in [3.63, 3.8) is 0 Å². The van der Waals surface area contributed by atoms with Crippen LogP contribution in [0.1, 0.15) is 5.69 Å². The fourth-order valence-electron chi connectivity index (χ4n) is 2.49. The molecule has 1 aliphatic heterocycles. The highest BCUT2D eigenvalue weighted by Gasteiger charge is 2.20. The number of nitrogens with zero attached hydrogens (tertiary/aromatic N) is 3. The Morgan fingerprint density at radius 2 is 1.95 bits per heavy atom. The van der Waals surface area contributed by atoms with E-state index in [2.05, 4.69) is 46.1 Å². The predicted octanol–water partition coefficient (Wildman–Crippen LogP) is 2.16. The minimum Gasteiger partial charge on any atom is -0.390 e. The van der Waals surface area contributed by atoms with E-state index in [-0.39, 0.29) is 6.61 Å². The molecule has 98 valence electrons. The first-order valence-electron chi connectivity index (χ1n) is 6.43. The first kappa shape index (κ1) is 12.0. The number of benzene rings is 1. The Morgan fingerprint density at radius 3 is 2.74 bits per heavy atom. The van der Waals surface area contributed by atoms with Crippen LogP contribution in [0.15, 0.2) is 42.6 Å². The van der Waals surface area contributed by atoms with E-state index in [1.54, 1.807) is 6.20 Å². The molecule has 4 nitrogen and oxygen atoms in total. The average molecular weight is 255 g/mol. The number of pyridine rings is 1. The van der Waals surface area contributed by atoms with Crippen LogP contribution in [0.3, 0.4) is 0 Å². The molecule has 1 aromatic heterocycles. The number of hydrogen-bond acceptors (Lipinski definition) is 4. The lowest BCUT2D eigenvalue weighted by atomic mass is 10.1. The molecule has 2 heterocycles. The zero-order valence-electron chi connectivity index (χ0n) is 11.0. The molecule has 1 aliphatic rings. The van der Waals surface area contributed by atoms with Crippen LogP contribution in [-0.2, 0) is 6.61 Å². The third kappa shape index (κ3) is 2.15. The number of para-hydroxylation sites is 2. The smallest absolute Gasteiger partial charge is 0.0853 e. The second-order valence-corrected chi connectivity index (χ2v) is 4.73. The van der Waals surface area contributed by atoms with Gasteiger partial charge in [0.25, 0.3) is 0 Å². The highest BCUT2D eigenvalue weighted by Crippen LogP contribution is 2.36. The topological polar surface area (TPSA) is 39.6 Å². The fourth-order valence-corrected chi connectivity index (χ4v) is 2.49. The van der Waals surface area contributed by atoms with E-state index in [0.29, 0.717) is 5.69 Å². The Kier molecular flexibility index (Phi) is 3.09. The number of likely N-dealkylation sites (N-methyl/N-ethyl adjacent to an activating group) is 1. The van der Waals surface area contributed by atoms with Crippen molar-refractivity contribution in [2.45, 2.75) is 6.61 Å². The molecule has 0 aliphatic carbocycles. The van der Waals surface area contributed by atoms with Gasteiger partial charge in [0, 0.05) is 32.0 Å². The summed E-state index contributed by atoms with van der Waals surface area (Å²) in [6.07, 6.45) is 1.75. The van der Waals surface area contributed by atoms with Crippen LogP contribution in [-0.4, -0.2) is 30.2 Å². The Labute approximate surface area is 112 Å². The first-order valence-corrected chi connectivity index (χ1v) is 6.43. The van der Waals surface area contributed by atoms with Crippen molar-refractivity contribution < 1.29 is 5.11 Å². The lowest BCUT2D eigenvalue weighted by Crippen LogP contribution is -2.36. The van der Waals surface area contributed by atoms with Crippen LogP contribution in [0.5, 0.6) is 0 Å². The molecule has 0 fully saturated rings. The third-order valence-corrected chi connectivity index (χ3v) is 3.52. The van der Waals surface area contributed by atoms with Crippen molar-refractivity contribution in [3.8, 4) is 0 Å². The van der Waals surface area contributed by atoms with Gasteiger partial charge in [0.1, 0.15) is 0 Å². The highest BCUT2D eigenvalue weighted by atomic mass is 16.3. The van der Waals surface area contributed by atoms with Crippen molar-refractivity contribution in [3.05, 3.63) is 48.3 Å². The highest BCUT2D eigenvalue weighted by molar-refractivity contribution is 5.79. The van der Waals surface area contributed by atoms with E-state index in [1.807, 2.05) is 12.1 Å². The second kappa shape index (κ2) is 4.90. The molecule has 0 amide bonds. The van der Waals surface area contributed by atoms with Crippen LogP contribution in [0.2, 0.25) is 0 Å². The molecular formula is C15H17N3O. The van der Waals surface area contributed by atoms with E-state index < -0.39 is 0 Å². The molecule has 0 bridgehead atoms. The predicted molar refractivity (Wildman–Crippen MR) is 76.9 cm³/mol. The zero-order valence-corrected chi connectivity index (χ0v) is 11.0. The van der Waals surface area contributed by atoms with Crippen LogP contribution >= 0.6 is 0 Å². The maximum atomic E-state index is 9.21. The lowest BCUT2D eigenvalue weighted by molar-refractivity contribution is 0.277. The molecule has 1 N–H and O–H groups in total. The van der Waals surface area contributed by atoms with Crippen LogP contribution in [0.25, 0.3) is 0 Å². The maximum absolute atomic E-state index is 9.21. The summed E-state index contributed by atoms with van der Waals surface area (Å²) in [7, 11) is 2.11. The number of aliphatic hydroxyl groups excluding tert-OH is 1. The minimum atomic E-state index is -0.0246. The largest absolute Gasteiger partial charge is 0.390 e. The summed E-state index contributed by atoms with van der Waals surface area (Å²) in [6.45, 7) is 1.89. The molecule has 0 radical (unpaired) electrons. The molecule has 19 heavy (non-hydrogen) atoms. The Bertz CT molecular complexity index is 585. The SMILES string of the molecule is CN1CCN(c2ccnc(CO)c2)c2ccccc21. The van der Waals surface area contributed by atoms with Gasteiger partial charge in [-0.2, -0.15) is 0 Å². The first-order chi connectivity index (χ1) is 9.29. The maximum Gasteiger partial charge on any atom is 0.0853 e. The average Bonchev–Trinajstić information content (AvgIpc) is 2.48. The molecule has 0 unspecified atom stereocenters. The number of anilines is 3. The summed E-state index contributed by atoms with van der Waals surface area (Å²) < 4.78 is 0. The molecule has 0 saturated heterocycles. The summed E-state index contributed by atoms with van der Waals surface area (Å²) >= 11 is 0. The number of aliphatic hydroxyl groups is 1. The number of aromatic nitrogens is 1. The van der Waals surface area contributed by atoms with Gasteiger partial charge in [-0.1, -0.05) is 12.1 Å². The van der Waals surface area contributed by atoms with Crippen molar-refractivity contribution in [1.82, 2.24) is 4.98 Å². The number of hydrogen-bond donors (Lipinski definition) is 1. The normalized spacial score (nSPS) is 14.4. The van der Waals surface area contributed by atoms with Gasteiger partial charge in [0.2, 0.25) is 0 Å². The molecule has 0 atom stereocenters. The summed E-state index contributed by atoms with van der Waals surface area (Å²) in [5.74, 6) is 0. The molecule has 3 rings (SSSR count). The molecule has 0 saturated carbocycles. The Balaban J connectivity index is 2.04. The fraction of sp³-hybridized carbons (Fsp3) is 0.267. The van der Waals surface area contributed by atoms with E-state index in [1.165, 1.54) is 11.4 Å². The quantitative estimate of drug-likeness (QED) is 0.892. The number of rotatable bonds is 2. The molecule has 1 aromatic carbocycles. The van der Waals surface area contributed by atoms with Crippen LogP contribution < -0.4 is 9.80 Å². The van der Waals surface area contributed by atoms with Gasteiger partial charge in [-0.15, -0.1) is 0 Å². The van der Waals surface area contributed by atoms with Crippen molar-refractivity contribution >= 4 is 17.1 Å². The number of fused-ring (bicyclic) bond motifs is 1. The second-order valence-electron chi connectivity index (χ2n) is 4.73. The molecule has 4 heteroatoms. The monoisotopic (exact) mass is 255 g/mol. The van der Waals surface area contributed by atoms with Crippen molar-refractivity contribution in [1.29, 1.82) is 0 Å². The molecule has 2 aromatic rings. The van der Waals surface area contributed by atoms with E-state index >= 15 is 0 Å². The Morgan fingerprint density at radius 1 is 1.16 bits per heavy atom.